The van der Waals surface area contributed by atoms with Crippen LogP contribution in [0.5, 0.6) is 0 Å². The van der Waals surface area contributed by atoms with E-state index in [1.807, 2.05) is 0 Å². The average molecular weight is 517 g/mol. The van der Waals surface area contributed by atoms with E-state index in [0.29, 0.717) is 5.56 Å². The van der Waals surface area contributed by atoms with Gasteiger partial charge in [-0.25, -0.2) is 4.79 Å². The molecule has 0 unspecified atom stereocenters. The number of hydrogen-bond acceptors (Lipinski definition) is 8. The molecule has 14 heteroatoms. The normalized spacial score (nSPS) is 11.6. The van der Waals surface area contributed by atoms with Crippen LogP contribution in [0.2, 0.25) is 0 Å². The third-order valence-corrected chi connectivity index (χ3v) is 6.23. The van der Waals surface area contributed by atoms with Crippen molar-refractivity contribution in [1.82, 2.24) is 28.9 Å². The summed E-state index contributed by atoms with van der Waals surface area (Å²) in [6.07, 6.45) is -1.58. The van der Waals surface area contributed by atoms with Crippen molar-refractivity contribution in [1.29, 1.82) is 0 Å². The fraction of sp³-hybridized carbons (Fsp3) is 0.182. The smallest absolute Gasteiger partial charge is 0.384 e. The number of halogens is 3. The first-order chi connectivity index (χ1) is 17.0. The van der Waals surface area contributed by atoms with Crippen LogP contribution in [0.25, 0.3) is 17.1 Å². The number of pyridine rings is 1. The summed E-state index contributed by atoms with van der Waals surface area (Å²) in [7, 11) is 2.55. The molecule has 3 heterocycles. The summed E-state index contributed by atoms with van der Waals surface area (Å²) in [4.78, 5) is 41.5. The number of benzene rings is 1. The zero-order chi connectivity index (χ0) is 26.2. The van der Waals surface area contributed by atoms with Gasteiger partial charge >= 0.3 is 11.9 Å². The third-order valence-electron chi connectivity index (χ3n) is 5.31. The van der Waals surface area contributed by atoms with Crippen LogP contribution in [0.1, 0.15) is 15.9 Å². The summed E-state index contributed by atoms with van der Waals surface area (Å²) >= 11 is 0.854. The molecule has 0 atom stereocenters. The number of hydrogen-bond donors (Lipinski definition) is 1. The van der Waals surface area contributed by atoms with Gasteiger partial charge in [-0.15, -0.1) is 10.2 Å². The number of aromatic nitrogens is 6. The van der Waals surface area contributed by atoms with E-state index in [9.17, 15) is 27.6 Å². The van der Waals surface area contributed by atoms with Crippen LogP contribution in [0.15, 0.2) is 63.5 Å². The molecule has 4 aromatic rings. The van der Waals surface area contributed by atoms with Crippen LogP contribution in [0.4, 0.5) is 19.0 Å². The van der Waals surface area contributed by atoms with E-state index in [4.69, 9.17) is 5.73 Å². The highest BCUT2D eigenvalue weighted by molar-refractivity contribution is 7.99. The van der Waals surface area contributed by atoms with Gasteiger partial charge in [-0.3, -0.25) is 28.3 Å². The van der Waals surface area contributed by atoms with Crippen molar-refractivity contribution in [2.45, 2.75) is 11.3 Å². The molecule has 186 valence electrons. The molecule has 10 nitrogen and oxygen atoms in total. The van der Waals surface area contributed by atoms with Crippen LogP contribution in [0.3, 0.4) is 0 Å². The van der Waals surface area contributed by atoms with Gasteiger partial charge in [-0.05, 0) is 30.3 Å². The van der Waals surface area contributed by atoms with Crippen LogP contribution < -0.4 is 17.0 Å². The second-order valence-corrected chi connectivity index (χ2v) is 8.55. The SMILES string of the molecule is Cn1c(N)c(C(=O)CSc2nnc(-c3cccnc3)n2-c2cccc(C(F)(F)F)c2)c(=O)n(C)c1=O. The molecule has 3 aromatic heterocycles. The number of carbonyl (C=O) groups excluding carboxylic acids is 1. The Kier molecular flexibility index (Phi) is 6.54. The number of nitrogens with zero attached hydrogens (tertiary/aromatic N) is 6. The van der Waals surface area contributed by atoms with Crippen molar-refractivity contribution in [3.8, 4) is 17.1 Å². The Morgan fingerprint density at radius 3 is 2.50 bits per heavy atom. The second kappa shape index (κ2) is 9.45. The van der Waals surface area contributed by atoms with Crippen LogP contribution in [-0.2, 0) is 20.3 Å². The molecule has 0 fully saturated rings. The minimum atomic E-state index is -4.58. The van der Waals surface area contributed by atoms with E-state index in [2.05, 4.69) is 15.2 Å². The Balaban J connectivity index is 1.76. The molecule has 1 aromatic carbocycles. The molecule has 4 rings (SSSR count). The van der Waals surface area contributed by atoms with Gasteiger partial charge in [0, 0.05) is 32.1 Å². The van der Waals surface area contributed by atoms with E-state index in [-0.39, 0.29) is 33.8 Å². The average Bonchev–Trinajstić information content (AvgIpc) is 3.29. The van der Waals surface area contributed by atoms with Gasteiger partial charge in [-0.1, -0.05) is 17.8 Å². The molecule has 0 aliphatic rings. The van der Waals surface area contributed by atoms with E-state index in [1.165, 1.54) is 43.2 Å². The van der Waals surface area contributed by atoms with Crippen molar-refractivity contribution >= 4 is 23.4 Å². The Morgan fingerprint density at radius 2 is 1.83 bits per heavy atom. The highest BCUT2D eigenvalue weighted by atomic mass is 32.2. The van der Waals surface area contributed by atoms with Gasteiger partial charge in [0.25, 0.3) is 5.56 Å². The molecule has 0 spiro atoms. The quantitative estimate of drug-likeness (QED) is 0.305. The van der Waals surface area contributed by atoms with Crippen molar-refractivity contribution in [2.24, 2.45) is 14.1 Å². The molecule has 0 saturated heterocycles. The number of nitrogens with two attached hydrogens (primary N) is 1. The van der Waals surface area contributed by atoms with Gasteiger partial charge < -0.3 is 5.73 Å². The maximum atomic E-state index is 13.4. The first kappa shape index (κ1) is 24.9. The monoisotopic (exact) mass is 517 g/mol. The Labute approximate surface area is 205 Å². The molecule has 0 saturated carbocycles. The second-order valence-electron chi connectivity index (χ2n) is 7.61. The maximum Gasteiger partial charge on any atom is 0.416 e. The van der Waals surface area contributed by atoms with Crippen LogP contribution in [-0.4, -0.2) is 40.4 Å². The largest absolute Gasteiger partial charge is 0.416 e. The highest BCUT2D eigenvalue weighted by Gasteiger charge is 2.31. The molecule has 0 radical (unpaired) electrons. The number of ketones is 1. The Hall–Kier alpha value is -4.20. The maximum absolute atomic E-state index is 13.4. The molecule has 0 bridgehead atoms. The minimum Gasteiger partial charge on any atom is -0.384 e. The van der Waals surface area contributed by atoms with E-state index < -0.39 is 28.8 Å². The highest BCUT2D eigenvalue weighted by Crippen LogP contribution is 2.33. The first-order valence-corrected chi connectivity index (χ1v) is 11.2. The van der Waals surface area contributed by atoms with Crippen molar-refractivity contribution in [3.63, 3.8) is 0 Å². The molecule has 0 aliphatic heterocycles. The van der Waals surface area contributed by atoms with Crippen molar-refractivity contribution in [3.05, 3.63) is 80.8 Å². The molecule has 0 amide bonds. The first-order valence-electron chi connectivity index (χ1n) is 10.3. The lowest BCUT2D eigenvalue weighted by Crippen LogP contribution is -2.41. The van der Waals surface area contributed by atoms with Gasteiger partial charge in [0.05, 0.1) is 17.0 Å². The number of alkyl halides is 3. The van der Waals surface area contributed by atoms with Crippen molar-refractivity contribution in [2.75, 3.05) is 11.5 Å². The lowest BCUT2D eigenvalue weighted by molar-refractivity contribution is -0.137. The molecule has 36 heavy (non-hydrogen) atoms. The summed E-state index contributed by atoms with van der Waals surface area (Å²) in [5.74, 6) is -1.11. The number of Topliss-reactive ketones (excluding diaryl/α,β-unsaturated/α-hetero) is 1. The number of anilines is 1. The molecular formula is C22H18F3N7O3S. The summed E-state index contributed by atoms with van der Waals surface area (Å²) in [5, 5.41) is 8.27. The number of nitrogen functional groups attached to an aromatic ring is 1. The topological polar surface area (TPSA) is 131 Å². The van der Waals surface area contributed by atoms with E-state index >= 15 is 0 Å². The van der Waals surface area contributed by atoms with E-state index in [1.54, 1.807) is 12.1 Å². The third kappa shape index (κ3) is 4.54. The summed E-state index contributed by atoms with van der Waals surface area (Å²) in [6, 6.07) is 7.87. The van der Waals surface area contributed by atoms with E-state index in [0.717, 1.165) is 33.0 Å². The predicted octanol–water partition coefficient (Wildman–Crippen LogP) is 2.30. The van der Waals surface area contributed by atoms with Gasteiger partial charge in [0.2, 0.25) is 0 Å². The Bertz CT molecular complexity index is 1580. The van der Waals surface area contributed by atoms with Crippen LogP contribution in [0, 0.1) is 0 Å². The molecule has 2 N–H and O–H groups in total. The lowest BCUT2D eigenvalue weighted by atomic mass is 10.2. The fourth-order valence-corrected chi connectivity index (χ4v) is 4.25. The van der Waals surface area contributed by atoms with Gasteiger partial charge in [0.1, 0.15) is 11.4 Å². The molecule has 0 aliphatic carbocycles. The molecular weight excluding hydrogens is 499 g/mol. The minimum absolute atomic E-state index is 0.0988. The number of rotatable bonds is 6. The predicted molar refractivity (Wildman–Crippen MR) is 126 cm³/mol. The lowest BCUT2D eigenvalue weighted by Gasteiger charge is -2.13. The fourth-order valence-electron chi connectivity index (χ4n) is 3.42. The van der Waals surface area contributed by atoms with Crippen LogP contribution >= 0.6 is 11.8 Å². The van der Waals surface area contributed by atoms with Crippen molar-refractivity contribution < 1.29 is 18.0 Å². The number of thioether (sulfide) groups is 1. The summed E-state index contributed by atoms with van der Waals surface area (Å²) in [5.41, 5.74) is 3.67. The summed E-state index contributed by atoms with van der Waals surface area (Å²) in [6.45, 7) is 0. The Morgan fingerprint density at radius 1 is 1.08 bits per heavy atom. The van der Waals surface area contributed by atoms with Gasteiger partial charge in [0.15, 0.2) is 16.8 Å². The van der Waals surface area contributed by atoms with Gasteiger partial charge in [-0.2, -0.15) is 13.2 Å². The zero-order valence-electron chi connectivity index (χ0n) is 18.9. The number of carbonyl (C=O) groups is 1. The standard InChI is InChI=1S/C22H18F3N7O3S/c1-30-17(26)16(19(34)31(2)21(30)35)15(33)11-36-20-29-28-18(12-5-4-8-27-10-12)32(20)14-7-3-6-13(9-14)22(23,24)25/h3-10H,11,26H2,1-2H3. The summed E-state index contributed by atoms with van der Waals surface area (Å²) < 4.78 is 43.2. The zero-order valence-corrected chi connectivity index (χ0v) is 19.7.